The Morgan fingerprint density at radius 2 is 2.04 bits per heavy atom. The quantitative estimate of drug-likeness (QED) is 0.655. The maximum atomic E-state index is 4.38. The summed E-state index contributed by atoms with van der Waals surface area (Å²) >= 11 is 1.72. The van der Waals surface area contributed by atoms with E-state index in [0.29, 0.717) is 0 Å². The molecule has 0 atom stereocenters. The fraction of sp³-hybridized carbons (Fsp3) is 0.444. The summed E-state index contributed by atoms with van der Waals surface area (Å²) in [5.41, 5.74) is 3.13. The summed E-state index contributed by atoms with van der Waals surface area (Å²) in [4.78, 5) is 9.94. The normalized spacial score (nSPS) is 16.2. The minimum Gasteiger partial charge on any atom is -0.356 e. The van der Waals surface area contributed by atoms with Crippen molar-refractivity contribution in [3.05, 3.63) is 51.5 Å². The van der Waals surface area contributed by atoms with E-state index in [4.69, 9.17) is 0 Å². The zero-order valence-electron chi connectivity index (χ0n) is 14.0. The first-order valence-electron chi connectivity index (χ1n) is 8.05. The first kappa shape index (κ1) is 16.0. The number of guanidine groups is 1. The Kier molecular flexibility index (Phi) is 4.66. The molecule has 3 rings (SSSR count). The molecule has 1 aromatic heterocycles. The van der Waals surface area contributed by atoms with Gasteiger partial charge in [-0.05, 0) is 37.8 Å². The number of benzene rings is 1. The van der Waals surface area contributed by atoms with Crippen LogP contribution in [-0.4, -0.2) is 24.5 Å². The summed E-state index contributed by atoms with van der Waals surface area (Å²) < 4.78 is 0. The molecule has 0 spiro atoms. The van der Waals surface area contributed by atoms with Gasteiger partial charge >= 0.3 is 0 Å². The van der Waals surface area contributed by atoms with Crippen LogP contribution in [0.4, 0.5) is 0 Å². The Morgan fingerprint density at radius 1 is 1.26 bits per heavy atom. The lowest BCUT2D eigenvalue weighted by Gasteiger charge is -2.20. The van der Waals surface area contributed by atoms with Gasteiger partial charge in [0, 0.05) is 30.1 Å². The summed E-state index contributed by atoms with van der Waals surface area (Å²) in [5.74, 6) is 0.845. The molecule has 0 unspecified atom stereocenters. The first-order valence-corrected chi connectivity index (χ1v) is 8.86. The number of aryl methyl sites for hydroxylation is 2. The van der Waals surface area contributed by atoms with Crippen LogP contribution < -0.4 is 10.6 Å². The van der Waals surface area contributed by atoms with Gasteiger partial charge in [0.2, 0.25) is 0 Å². The number of nitrogens with one attached hydrogen (secondary N) is 2. The van der Waals surface area contributed by atoms with Crippen LogP contribution in [0.5, 0.6) is 0 Å². The van der Waals surface area contributed by atoms with Gasteiger partial charge in [0.25, 0.3) is 0 Å². The van der Waals surface area contributed by atoms with Crippen LogP contribution >= 0.6 is 11.3 Å². The fourth-order valence-corrected chi connectivity index (χ4v) is 3.70. The number of aromatic nitrogens is 1. The Morgan fingerprint density at radius 3 is 2.65 bits per heavy atom. The Hall–Kier alpha value is -1.88. The molecule has 0 radical (unpaired) electrons. The van der Waals surface area contributed by atoms with Gasteiger partial charge in [-0.1, -0.05) is 24.3 Å². The van der Waals surface area contributed by atoms with E-state index in [1.807, 2.05) is 13.2 Å². The second-order valence-corrected chi connectivity index (χ2v) is 7.56. The Balaban J connectivity index is 1.57. The fourth-order valence-electron chi connectivity index (χ4n) is 2.98. The summed E-state index contributed by atoms with van der Waals surface area (Å²) in [6.45, 7) is 5.92. The third kappa shape index (κ3) is 3.72. The summed E-state index contributed by atoms with van der Waals surface area (Å²) in [5, 5.41) is 7.93. The predicted molar refractivity (Wildman–Crippen MR) is 97.1 cm³/mol. The molecule has 1 heterocycles. The molecule has 1 aromatic carbocycles. The van der Waals surface area contributed by atoms with Crippen LogP contribution in [0.15, 0.2) is 35.5 Å². The number of aliphatic imine (C=N–C) groups is 1. The van der Waals surface area contributed by atoms with Crippen molar-refractivity contribution in [3.8, 4) is 0 Å². The van der Waals surface area contributed by atoms with Gasteiger partial charge in [0.15, 0.2) is 5.96 Å². The molecule has 0 bridgehead atoms. The van der Waals surface area contributed by atoms with Crippen LogP contribution in [0, 0.1) is 13.8 Å². The molecule has 2 N–H and O–H groups in total. The maximum Gasteiger partial charge on any atom is 0.191 e. The van der Waals surface area contributed by atoms with Gasteiger partial charge in [-0.15, -0.1) is 11.3 Å². The molecule has 2 aromatic rings. The van der Waals surface area contributed by atoms with E-state index in [2.05, 4.69) is 58.7 Å². The van der Waals surface area contributed by atoms with Crippen LogP contribution in [0.1, 0.15) is 33.9 Å². The molecule has 1 saturated carbocycles. The van der Waals surface area contributed by atoms with Gasteiger partial charge < -0.3 is 10.6 Å². The van der Waals surface area contributed by atoms with Gasteiger partial charge in [-0.2, -0.15) is 0 Å². The van der Waals surface area contributed by atoms with Crippen LogP contribution in [0.3, 0.4) is 0 Å². The van der Waals surface area contributed by atoms with Crippen molar-refractivity contribution in [2.45, 2.75) is 38.6 Å². The molecule has 0 saturated heterocycles. The predicted octanol–water partition coefficient (Wildman–Crippen LogP) is 3.16. The smallest absolute Gasteiger partial charge is 0.191 e. The molecule has 122 valence electrons. The second-order valence-electron chi connectivity index (χ2n) is 6.24. The molecule has 5 heteroatoms. The minimum atomic E-state index is 0.279. The van der Waals surface area contributed by atoms with Crippen molar-refractivity contribution in [3.63, 3.8) is 0 Å². The van der Waals surface area contributed by atoms with E-state index in [1.54, 1.807) is 11.3 Å². The molecule has 1 aliphatic rings. The molecular weight excluding hydrogens is 304 g/mol. The average molecular weight is 328 g/mol. The molecule has 0 aliphatic heterocycles. The van der Waals surface area contributed by atoms with E-state index >= 15 is 0 Å². The van der Waals surface area contributed by atoms with Crippen LogP contribution in [-0.2, 0) is 12.0 Å². The van der Waals surface area contributed by atoms with Crippen molar-refractivity contribution in [2.75, 3.05) is 13.6 Å². The first-order chi connectivity index (χ1) is 11.1. The number of hydrogen-bond donors (Lipinski definition) is 2. The number of hydrogen-bond acceptors (Lipinski definition) is 3. The summed E-state index contributed by atoms with van der Waals surface area (Å²) in [7, 11) is 1.82. The standard InChI is InChI=1S/C18H24N4S/c1-13-6-4-5-7-15(13)18(8-9-18)12-22-17(19-3)21-11-16-20-10-14(2)23-16/h4-7,10H,8-9,11-12H2,1-3H3,(H2,19,21,22). The van der Waals surface area contributed by atoms with Crippen LogP contribution in [0.25, 0.3) is 0 Å². The number of thiazole rings is 1. The monoisotopic (exact) mass is 328 g/mol. The van der Waals surface area contributed by atoms with Gasteiger partial charge in [0.1, 0.15) is 5.01 Å². The molecular formula is C18H24N4S. The van der Waals surface area contributed by atoms with Crippen molar-refractivity contribution >= 4 is 17.3 Å². The van der Waals surface area contributed by atoms with E-state index in [0.717, 1.165) is 24.1 Å². The van der Waals surface area contributed by atoms with Gasteiger partial charge in [-0.25, -0.2) is 4.98 Å². The second kappa shape index (κ2) is 6.71. The van der Waals surface area contributed by atoms with E-state index in [9.17, 15) is 0 Å². The summed E-state index contributed by atoms with van der Waals surface area (Å²) in [6.07, 6.45) is 4.40. The van der Waals surface area contributed by atoms with Crippen molar-refractivity contribution in [2.24, 2.45) is 4.99 Å². The highest BCUT2D eigenvalue weighted by Crippen LogP contribution is 2.48. The van der Waals surface area contributed by atoms with Crippen molar-refractivity contribution in [1.29, 1.82) is 0 Å². The molecule has 23 heavy (non-hydrogen) atoms. The van der Waals surface area contributed by atoms with Gasteiger partial charge in [0.05, 0.1) is 6.54 Å². The van der Waals surface area contributed by atoms with Crippen LogP contribution in [0.2, 0.25) is 0 Å². The van der Waals surface area contributed by atoms with E-state index in [1.165, 1.54) is 28.8 Å². The highest BCUT2D eigenvalue weighted by Gasteiger charge is 2.44. The molecule has 1 fully saturated rings. The lowest BCUT2D eigenvalue weighted by Crippen LogP contribution is -2.41. The lowest BCUT2D eigenvalue weighted by molar-refractivity contribution is 0.642. The highest BCUT2D eigenvalue weighted by molar-refractivity contribution is 7.11. The van der Waals surface area contributed by atoms with E-state index in [-0.39, 0.29) is 5.41 Å². The maximum absolute atomic E-state index is 4.38. The molecule has 0 amide bonds. The van der Waals surface area contributed by atoms with Crippen molar-refractivity contribution < 1.29 is 0 Å². The number of nitrogens with zero attached hydrogens (tertiary/aromatic N) is 2. The van der Waals surface area contributed by atoms with E-state index < -0.39 is 0 Å². The zero-order chi connectivity index (χ0) is 16.3. The topological polar surface area (TPSA) is 49.3 Å². The zero-order valence-corrected chi connectivity index (χ0v) is 14.8. The number of rotatable bonds is 5. The third-order valence-corrected chi connectivity index (χ3v) is 5.38. The largest absolute Gasteiger partial charge is 0.356 e. The Labute approximate surface area is 142 Å². The highest BCUT2D eigenvalue weighted by atomic mass is 32.1. The molecule has 1 aliphatic carbocycles. The van der Waals surface area contributed by atoms with Crippen molar-refractivity contribution in [1.82, 2.24) is 15.6 Å². The minimum absolute atomic E-state index is 0.279. The molecule has 4 nitrogen and oxygen atoms in total. The average Bonchev–Trinajstić information content (AvgIpc) is 3.22. The SMILES string of the molecule is CN=C(NCc1ncc(C)s1)NCC1(c2ccccc2C)CC1. The summed E-state index contributed by atoms with van der Waals surface area (Å²) in [6, 6.07) is 8.71. The van der Waals surface area contributed by atoms with Gasteiger partial charge in [-0.3, -0.25) is 4.99 Å². The third-order valence-electron chi connectivity index (χ3n) is 4.46. The Bertz CT molecular complexity index is 701. The lowest BCUT2D eigenvalue weighted by atomic mass is 9.92.